The van der Waals surface area contributed by atoms with Crippen LogP contribution < -0.4 is 5.32 Å². The van der Waals surface area contributed by atoms with Gasteiger partial charge in [0.1, 0.15) is 0 Å². The molecule has 19 heavy (non-hydrogen) atoms. The van der Waals surface area contributed by atoms with Crippen LogP contribution in [-0.2, 0) is 11.2 Å². The third kappa shape index (κ3) is 3.72. The number of benzene rings is 2. The van der Waals surface area contributed by atoms with Gasteiger partial charge < -0.3 is 5.32 Å². The normalized spacial score (nSPS) is 10.3. The molecule has 0 aliphatic rings. The maximum Gasteiger partial charge on any atom is 0.228 e. The van der Waals surface area contributed by atoms with Gasteiger partial charge in [0.25, 0.3) is 0 Å². The standard InChI is InChI=1S/C14H10BrCl2NO/c15-10-5-2-1-4-9(10)8-13(19)18-12-7-3-6-11(16)14(12)17/h1-7H,8H2,(H,18,19). The molecule has 0 heterocycles. The molecule has 98 valence electrons. The molecule has 0 aromatic heterocycles. The van der Waals surface area contributed by atoms with Crippen LogP contribution in [0.25, 0.3) is 0 Å². The molecule has 2 aromatic rings. The Labute approximate surface area is 129 Å². The van der Waals surface area contributed by atoms with Crippen molar-refractivity contribution >= 4 is 50.7 Å². The zero-order valence-electron chi connectivity index (χ0n) is 9.79. The van der Waals surface area contributed by atoms with Crippen LogP contribution in [0.15, 0.2) is 46.9 Å². The lowest BCUT2D eigenvalue weighted by Crippen LogP contribution is -2.15. The number of amides is 1. The molecular formula is C14H10BrCl2NO. The van der Waals surface area contributed by atoms with Gasteiger partial charge in [-0.05, 0) is 23.8 Å². The second-order valence-corrected chi connectivity index (χ2v) is 5.56. The van der Waals surface area contributed by atoms with E-state index in [4.69, 9.17) is 23.2 Å². The van der Waals surface area contributed by atoms with Crippen molar-refractivity contribution in [3.8, 4) is 0 Å². The highest BCUT2D eigenvalue weighted by atomic mass is 79.9. The summed E-state index contributed by atoms with van der Waals surface area (Å²) in [6, 6.07) is 12.7. The highest BCUT2D eigenvalue weighted by Gasteiger charge is 2.10. The van der Waals surface area contributed by atoms with Crippen LogP contribution >= 0.6 is 39.1 Å². The summed E-state index contributed by atoms with van der Waals surface area (Å²) in [7, 11) is 0. The first kappa shape index (κ1) is 14.4. The molecule has 1 amide bonds. The minimum absolute atomic E-state index is 0.143. The van der Waals surface area contributed by atoms with Crippen molar-refractivity contribution in [2.45, 2.75) is 6.42 Å². The van der Waals surface area contributed by atoms with E-state index < -0.39 is 0 Å². The number of hydrogen-bond donors (Lipinski definition) is 1. The minimum Gasteiger partial charge on any atom is -0.324 e. The lowest BCUT2D eigenvalue weighted by Gasteiger charge is -2.09. The molecule has 1 N–H and O–H groups in total. The molecule has 2 aromatic carbocycles. The summed E-state index contributed by atoms with van der Waals surface area (Å²) in [4.78, 5) is 12.0. The molecule has 0 spiro atoms. The van der Waals surface area contributed by atoms with E-state index >= 15 is 0 Å². The largest absolute Gasteiger partial charge is 0.324 e. The van der Waals surface area contributed by atoms with Gasteiger partial charge in [-0.2, -0.15) is 0 Å². The average molecular weight is 359 g/mol. The zero-order valence-corrected chi connectivity index (χ0v) is 12.9. The number of hydrogen-bond acceptors (Lipinski definition) is 1. The molecule has 2 nitrogen and oxygen atoms in total. The summed E-state index contributed by atoms with van der Waals surface area (Å²) in [5.74, 6) is -0.143. The molecule has 5 heteroatoms. The van der Waals surface area contributed by atoms with E-state index in [2.05, 4.69) is 21.2 Å². The van der Waals surface area contributed by atoms with Gasteiger partial charge in [0.2, 0.25) is 5.91 Å². The molecule has 0 saturated carbocycles. The fourth-order valence-electron chi connectivity index (χ4n) is 1.61. The van der Waals surface area contributed by atoms with Gasteiger partial charge >= 0.3 is 0 Å². The average Bonchev–Trinajstić information content (AvgIpc) is 2.38. The number of carbonyl (C=O) groups excluding carboxylic acids is 1. The quantitative estimate of drug-likeness (QED) is 0.827. The predicted molar refractivity (Wildman–Crippen MR) is 82.9 cm³/mol. The Morgan fingerprint density at radius 1 is 1.11 bits per heavy atom. The van der Waals surface area contributed by atoms with Crippen LogP contribution in [0.1, 0.15) is 5.56 Å². The Morgan fingerprint density at radius 3 is 2.58 bits per heavy atom. The van der Waals surface area contributed by atoms with Crippen molar-refractivity contribution in [1.29, 1.82) is 0 Å². The Kier molecular flexibility index (Phi) is 4.86. The lowest BCUT2D eigenvalue weighted by molar-refractivity contribution is -0.115. The maximum absolute atomic E-state index is 12.0. The summed E-state index contributed by atoms with van der Waals surface area (Å²) in [6.45, 7) is 0. The van der Waals surface area contributed by atoms with Gasteiger partial charge in [-0.3, -0.25) is 4.79 Å². The van der Waals surface area contributed by atoms with Crippen LogP contribution in [0.5, 0.6) is 0 Å². The first-order valence-electron chi connectivity index (χ1n) is 5.55. The lowest BCUT2D eigenvalue weighted by atomic mass is 10.1. The molecule has 2 rings (SSSR count). The van der Waals surface area contributed by atoms with E-state index in [-0.39, 0.29) is 12.3 Å². The van der Waals surface area contributed by atoms with Gasteiger partial charge in [0, 0.05) is 4.47 Å². The molecular weight excluding hydrogens is 349 g/mol. The SMILES string of the molecule is O=C(Cc1ccccc1Br)Nc1cccc(Cl)c1Cl. The summed E-state index contributed by atoms with van der Waals surface area (Å²) in [6.07, 6.45) is 0.268. The second-order valence-electron chi connectivity index (χ2n) is 3.92. The molecule has 0 unspecified atom stereocenters. The third-order valence-corrected chi connectivity index (χ3v) is 4.13. The number of halogens is 3. The summed E-state index contributed by atoms with van der Waals surface area (Å²) in [5, 5.41) is 3.52. The van der Waals surface area contributed by atoms with Crippen molar-refractivity contribution in [3.63, 3.8) is 0 Å². The highest BCUT2D eigenvalue weighted by Crippen LogP contribution is 2.29. The Balaban J connectivity index is 2.10. The van der Waals surface area contributed by atoms with Crippen molar-refractivity contribution < 1.29 is 4.79 Å². The molecule has 0 radical (unpaired) electrons. The number of anilines is 1. The molecule has 0 bridgehead atoms. The van der Waals surface area contributed by atoms with Gasteiger partial charge in [0.15, 0.2) is 0 Å². The molecule has 0 atom stereocenters. The van der Waals surface area contributed by atoms with Crippen LogP contribution in [0.2, 0.25) is 10.0 Å². The van der Waals surface area contributed by atoms with Crippen LogP contribution in [0.3, 0.4) is 0 Å². The summed E-state index contributed by atoms with van der Waals surface area (Å²) >= 11 is 15.3. The monoisotopic (exact) mass is 357 g/mol. The topological polar surface area (TPSA) is 29.1 Å². The van der Waals surface area contributed by atoms with Gasteiger partial charge in [0.05, 0.1) is 22.2 Å². The van der Waals surface area contributed by atoms with Crippen molar-refractivity contribution in [2.24, 2.45) is 0 Å². The predicted octanol–water partition coefficient (Wildman–Crippen LogP) is 4.94. The van der Waals surface area contributed by atoms with E-state index in [1.54, 1.807) is 18.2 Å². The molecule has 0 fully saturated rings. The first-order chi connectivity index (χ1) is 9.08. The van der Waals surface area contributed by atoms with E-state index in [0.717, 1.165) is 10.0 Å². The van der Waals surface area contributed by atoms with Crippen molar-refractivity contribution in [1.82, 2.24) is 0 Å². The Hall–Kier alpha value is -1.03. The summed E-state index contributed by atoms with van der Waals surface area (Å²) in [5.41, 5.74) is 1.43. The molecule has 0 aliphatic carbocycles. The van der Waals surface area contributed by atoms with E-state index in [1.165, 1.54) is 0 Å². The number of carbonyl (C=O) groups is 1. The van der Waals surface area contributed by atoms with E-state index in [1.807, 2.05) is 24.3 Å². The summed E-state index contributed by atoms with van der Waals surface area (Å²) < 4.78 is 0.905. The second kappa shape index (κ2) is 6.42. The highest BCUT2D eigenvalue weighted by molar-refractivity contribution is 9.10. The number of rotatable bonds is 3. The van der Waals surface area contributed by atoms with Gasteiger partial charge in [-0.15, -0.1) is 0 Å². The van der Waals surface area contributed by atoms with Crippen molar-refractivity contribution in [3.05, 3.63) is 62.5 Å². The first-order valence-corrected chi connectivity index (χ1v) is 7.10. The minimum atomic E-state index is -0.143. The van der Waals surface area contributed by atoms with Crippen LogP contribution in [0, 0.1) is 0 Å². The third-order valence-electron chi connectivity index (χ3n) is 2.53. The smallest absolute Gasteiger partial charge is 0.228 e. The Bertz CT molecular complexity index is 616. The van der Waals surface area contributed by atoms with E-state index in [0.29, 0.717) is 15.7 Å². The fourth-order valence-corrected chi connectivity index (χ4v) is 2.38. The Morgan fingerprint density at radius 2 is 1.84 bits per heavy atom. The van der Waals surface area contributed by atoms with Gasteiger partial charge in [-0.1, -0.05) is 63.4 Å². The maximum atomic E-state index is 12.0. The van der Waals surface area contributed by atoms with Crippen LogP contribution in [0.4, 0.5) is 5.69 Å². The zero-order chi connectivity index (χ0) is 13.8. The van der Waals surface area contributed by atoms with E-state index in [9.17, 15) is 4.79 Å². The fraction of sp³-hybridized carbons (Fsp3) is 0.0714. The number of nitrogens with one attached hydrogen (secondary N) is 1. The van der Waals surface area contributed by atoms with Crippen LogP contribution in [-0.4, -0.2) is 5.91 Å². The molecule has 0 aliphatic heterocycles. The van der Waals surface area contributed by atoms with Gasteiger partial charge in [-0.25, -0.2) is 0 Å². The molecule has 0 saturated heterocycles. The van der Waals surface area contributed by atoms with Crippen molar-refractivity contribution in [2.75, 3.05) is 5.32 Å².